The highest BCUT2D eigenvalue weighted by molar-refractivity contribution is 7.00. The molecule has 5 aromatic carbocycles. The summed E-state index contributed by atoms with van der Waals surface area (Å²) in [4.78, 5) is 4.71. The third-order valence-corrected chi connectivity index (χ3v) is 7.82. The van der Waals surface area contributed by atoms with Gasteiger partial charge in [0.05, 0.1) is 1.37 Å². The summed E-state index contributed by atoms with van der Waals surface area (Å²) >= 11 is 0. The normalized spacial score (nSPS) is 13.6. The van der Waals surface area contributed by atoms with Crippen molar-refractivity contribution in [3.8, 4) is 0 Å². The first-order chi connectivity index (χ1) is 18.4. The van der Waals surface area contributed by atoms with Gasteiger partial charge in [0.25, 0.3) is 6.71 Å². The Balaban J connectivity index is 1.60. The van der Waals surface area contributed by atoms with Crippen LogP contribution in [0.25, 0.3) is 0 Å². The molecule has 0 unspecified atom stereocenters. The van der Waals surface area contributed by atoms with Crippen molar-refractivity contribution in [1.82, 2.24) is 0 Å². The van der Waals surface area contributed by atoms with Crippen molar-refractivity contribution < 1.29 is 1.37 Å². The van der Waals surface area contributed by atoms with E-state index in [2.05, 4.69) is 122 Å². The van der Waals surface area contributed by atoms with E-state index in [0.717, 1.165) is 22.7 Å². The Bertz CT molecular complexity index is 1600. The Morgan fingerprint density at radius 2 is 0.892 bits per heavy atom. The fourth-order valence-electron chi connectivity index (χ4n) is 6.05. The Morgan fingerprint density at radius 3 is 1.32 bits per heavy atom. The van der Waals surface area contributed by atoms with E-state index < -0.39 is 0 Å². The molecule has 0 aliphatic carbocycles. The van der Waals surface area contributed by atoms with E-state index in [0.29, 0.717) is 6.04 Å². The van der Waals surface area contributed by atoms with Gasteiger partial charge in [-0.3, -0.25) is 0 Å². The fraction of sp³-hybridized carbons (Fsp3) is 0.118. The zero-order valence-electron chi connectivity index (χ0n) is 22.7. The molecular weight excluding hydrogens is 447 g/mol. The zero-order chi connectivity index (χ0) is 26.1. The molecule has 0 radical (unpaired) electrons. The lowest BCUT2D eigenvalue weighted by molar-refractivity contribution is 1.24. The smallest absolute Gasteiger partial charge is 0.252 e. The third kappa shape index (κ3) is 3.34. The molecule has 7 rings (SSSR count). The van der Waals surface area contributed by atoms with Gasteiger partial charge in [0.15, 0.2) is 0 Å². The van der Waals surface area contributed by atoms with E-state index in [1.807, 2.05) is 12.1 Å². The first-order valence-electron chi connectivity index (χ1n) is 13.5. The van der Waals surface area contributed by atoms with Crippen molar-refractivity contribution in [2.45, 2.75) is 27.7 Å². The topological polar surface area (TPSA) is 6.48 Å². The number of nitrogens with zero attached hydrogens (tertiary/aromatic N) is 2. The van der Waals surface area contributed by atoms with Crippen LogP contribution in [0, 0.1) is 27.7 Å². The molecule has 2 aliphatic rings. The first-order valence-corrected chi connectivity index (χ1v) is 13.0. The second-order valence-electron chi connectivity index (χ2n) is 10.5. The quantitative estimate of drug-likeness (QED) is 0.247. The number of benzene rings is 5. The van der Waals surface area contributed by atoms with Gasteiger partial charge in [-0.25, -0.2) is 0 Å². The molecule has 0 fully saturated rings. The minimum absolute atomic E-state index is 0.0915. The molecule has 0 saturated heterocycles. The molecule has 2 aliphatic heterocycles. The summed E-state index contributed by atoms with van der Waals surface area (Å²) in [5.74, 6) is 0. The summed E-state index contributed by atoms with van der Waals surface area (Å²) in [7, 11) is 0. The molecular formula is C34H29BN2. The van der Waals surface area contributed by atoms with Gasteiger partial charge >= 0.3 is 0 Å². The summed E-state index contributed by atoms with van der Waals surface area (Å²) in [6.07, 6.45) is 0. The van der Waals surface area contributed by atoms with Gasteiger partial charge in [0.2, 0.25) is 0 Å². The molecule has 0 spiro atoms. The van der Waals surface area contributed by atoms with Crippen LogP contribution in [0.1, 0.15) is 23.6 Å². The Labute approximate surface area is 221 Å². The van der Waals surface area contributed by atoms with Crippen LogP contribution in [0.2, 0.25) is 0 Å². The first kappa shape index (κ1) is 20.9. The van der Waals surface area contributed by atoms with Crippen molar-refractivity contribution in [3.05, 3.63) is 125 Å². The van der Waals surface area contributed by atoms with Crippen LogP contribution < -0.4 is 26.2 Å². The van der Waals surface area contributed by atoms with Gasteiger partial charge in [-0.15, -0.1) is 0 Å². The summed E-state index contributed by atoms with van der Waals surface area (Å²) in [5, 5.41) is 0. The van der Waals surface area contributed by atoms with Crippen LogP contribution >= 0.6 is 0 Å². The summed E-state index contributed by atoms with van der Waals surface area (Å²) in [6.45, 7) is 8.70. The standard InChI is InChI=1S/C34H29BN2/c1-22-8-14-26(15-9-22)36-30-18-12-24(3)20-28(30)35-29-21-25(4)13-19-31(29)37(27-16-10-23(2)11-17-27)33-7-5-6-32(36)34(33)35/h5-21H,1-4H3/i5T. The summed E-state index contributed by atoms with van der Waals surface area (Å²) < 4.78 is 8.93. The van der Waals surface area contributed by atoms with Crippen molar-refractivity contribution in [2.24, 2.45) is 0 Å². The van der Waals surface area contributed by atoms with Gasteiger partial charge in [0.1, 0.15) is 0 Å². The maximum Gasteiger partial charge on any atom is 0.252 e. The number of fused-ring (bicyclic) bond motifs is 4. The lowest BCUT2D eigenvalue weighted by atomic mass is 9.33. The van der Waals surface area contributed by atoms with Gasteiger partial charge < -0.3 is 9.80 Å². The van der Waals surface area contributed by atoms with E-state index >= 15 is 0 Å². The number of rotatable bonds is 2. The van der Waals surface area contributed by atoms with E-state index in [4.69, 9.17) is 1.37 Å². The fourth-order valence-corrected chi connectivity index (χ4v) is 6.05. The molecule has 5 aromatic rings. The highest BCUT2D eigenvalue weighted by atomic mass is 15.2. The Morgan fingerprint density at radius 1 is 0.486 bits per heavy atom. The second-order valence-corrected chi connectivity index (χ2v) is 10.5. The number of hydrogen-bond donors (Lipinski definition) is 0. The minimum atomic E-state index is 0.0915. The van der Waals surface area contributed by atoms with Gasteiger partial charge in [-0.1, -0.05) is 76.8 Å². The number of anilines is 6. The highest BCUT2D eigenvalue weighted by Gasteiger charge is 2.42. The van der Waals surface area contributed by atoms with Crippen LogP contribution in [-0.2, 0) is 0 Å². The van der Waals surface area contributed by atoms with E-state index in [1.54, 1.807) is 0 Å². The maximum atomic E-state index is 8.93. The number of aryl methyl sites for hydroxylation is 4. The lowest BCUT2D eigenvalue weighted by Gasteiger charge is -2.44. The Hall–Kier alpha value is -4.24. The van der Waals surface area contributed by atoms with Crippen molar-refractivity contribution in [1.29, 1.82) is 0 Å². The highest BCUT2D eigenvalue weighted by Crippen LogP contribution is 2.43. The average Bonchev–Trinajstić information content (AvgIpc) is 2.90. The molecule has 0 amide bonds. The molecule has 178 valence electrons. The minimum Gasteiger partial charge on any atom is -0.311 e. The van der Waals surface area contributed by atoms with Gasteiger partial charge in [-0.05, 0) is 92.6 Å². The maximum absolute atomic E-state index is 8.93. The summed E-state index contributed by atoms with van der Waals surface area (Å²) in [6, 6.07) is 35.7. The van der Waals surface area contributed by atoms with E-state index in [1.165, 1.54) is 50.0 Å². The monoisotopic (exact) mass is 478 g/mol. The molecule has 0 N–H and O–H groups in total. The van der Waals surface area contributed by atoms with Crippen molar-refractivity contribution >= 4 is 57.2 Å². The van der Waals surface area contributed by atoms with Crippen LogP contribution in [0.3, 0.4) is 0 Å². The van der Waals surface area contributed by atoms with Gasteiger partial charge in [0, 0.05) is 34.1 Å². The van der Waals surface area contributed by atoms with Crippen LogP contribution in [0.4, 0.5) is 34.1 Å². The SMILES string of the molecule is [3H]c1cc2c3c(c1)N(c1ccc(C)cc1)c1ccc(C)cc1B3c1cc(C)ccc1N2c1ccc(C)cc1. The van der Waals surface area contributed by atoms with Crippen molar-refractivity contribution in [3.63, 3.8) is 0 Å². The van der Waals surface area contributed by atoms with Crippen LogP contribution in [0.5, 0.6) is 0 Å². The van der Waals surface area contributed by atoms with Crippen molar-refractivity contribution in [2.75, 3.05) is 9.80 Å². The molecule has 37 heavy (non-hydrogen) atoms. The second kappa shape index (κ2) is 8.14. The lowest BCUT2D eigenvalue weighted by Crippen LogP contribution is -2.61. The van der Waals surface area contributed by atoms with Crippen LogP contribution in [0.15, 0.2) is 103 Å². The molecule has 0 aromatic heterocycles. The predicted molar refractivity (Wildman–Crippen MR) is 159 cm³/mol. The zero-order valence-corrected chi connectivity index (χ0v) is 21.7. The van der Waals surface area contributed by atoms with Crippen LogP contribution in [-0.4, -0.2) is 6.71 Å². The van der Waals surface area contributed by atoms with E-state index in [-0.39, 0.29) is 6.71 Å². The van der Waals surface area contributed by atoms with E-state index in [9.17, 15) is 0 Å². The molecule has 0 saturated carbocycles. The molecule has 2 heterocycles. The molecule has 3 heteroatoms. The third-order valence-electron chi connectivity index (χ3n) is 7.82. The van der Waals surface area contributed by atoms with Gasteiger partial charge in [-0.2, -0.15) is 0 Å². The average molecular weight is 478 g/mol. The predicted octanol–water partition coefficient (Wildman–Crippen LogP) is 7.00. The molecule has 2 nitrogen and oxygen atoms in total. The number of hydrogen-bond acceptors (Lipinski definition) is 2. The summed E-state index contributed by atoms with van der Waals surface area (Å²) in [5.41, 5.74) is 15.6. The molecule has 0 atom stereocenters. The Kier molecular flexibility index (Phi) is 4.60. The molecule has 0 bridgehead atoms. The largest absolute Gasteiger partial charge is 0.311 e.